The summed E-state index contributed by atoms with van der Waals surface area (Å²) in [6, 6.07) is 9.02. The Morgan fingerprint density at radius 1 is 0.857 bits per heavy atom. The summed E-state index contributed by atoms with van der Waals surface area (Å²) in [4.78, 5) is 0.188. The third kappa shape index (κ3) is 3.42. The molecular weight excluding hydrogens is 324 g/mol. The fraction of sp³-hybridized carbons (Fsp3) is 0.474. The van der Waals surface area contributed by atoms with Gasteiger partial charge < -0.3 is 4.42 Å². The van der Waals surface area contributed by atoms with E-state index >= 15 is 0 Å². The molecule has 0 N–H and O–H groups in total. The van der Waals surface area contributed by atoms with Crippen molar-refractivity contribution in [2.75, 3.05) is 0 Å². The quantitative estimate of drug-likeness (QED) is 0.565. The molecule has 1 aromatic heterocycles. The number of hydrogen-bond acceptors (Lipinski definition) is 1. The lowest BCUT2D eigenvalue weighted by Gasteiger charge is -2.20. The summed E-state index contributed by atoms with van der Waals surface area (Å²) in [5, 5.41) is 0. The van der Waals surface area contributed by atoms with Gasteiger partial charge in [-0.2, -0.15) is 0 Å². The van der Waals surface area contributed by atoms with Crippen LogP contribution in [0.4, 0.5) is 0 Å². The summed E-state index contributed by atoms with van der Waals surface area (Å²) >= 11 is 3.88. The highest BCUT2D eigenvalue weighted by Gasteiger charge is 2.21. The molecule has 2 rings (SSSR count). The first-order chi connectivity index (χ1) is 9.81. The van der Waals surface area contributed by atoms with Crippen LogP contribution in [0.5, 0.6) is 0 Å². The molecule has 0 fully saturated rings. The smallest absolute Gasteiger partial charge is 0.105 e. The maximum Gasteiger partial charge on any atom is 0.105 e. The second kappa shape index (κ2) is 6.39. The number of rotatable bonds is 4. The van der Waals surface area contributed by atoms with Gasteiger partial charge in [-0.05, 0) is 48.4 Å². The van der Waals surface area contributed by atoms with Crippen molar-refractivity contribution in [1.29, 1.82) is 0 Å². The molecule has 1 nitrogen and oxygen atoms in total. The summed E-state index contributed by atoms with van der Waals surface area (Å²) in [5.74, 6) is 3.03. The van der Waals surface area contributed by atoms with Gasteiger partial charge in [-0.3, -0.25) is 0 Å². The molecule has 1 atom stereocenters. The van der Waals surface area contributed by atoms with Gasteiger partial charge >= 0.3 is 0 Å². The van der Waals surface area contributed by atoms with Crippen molar-refractivity contribution in [3.63, 3.8) is 0 Å². The molecule has 0 aliphatic rings. The molecule has 21 heavy (non-hydrogen) atoms. The predicted molar refractivity (Wildman–Crippen MR) is 93.6 cm³/mol. The Balaban J connectivity index is 2.50. The molecule has 0 saturated carbocycles. The number of aryl methyl sites for hydroxylation is 2. The summed E-state index contributed by atoms with van der Waals surface area (Å²) in [5.41, 5.74) is 5.40. The molecule has 1 aromatic carbocycles. The highest BCUT2D eigenvalue weighted by molar-refractivity contribution is 9.09. The normalized spacial score (nSPS) is 13.2. The fourth-order valence-corrected chi connectivity index (χ4v) is 3.62. The Morgan fingerprint density at radius 3 is 2.00 bits per heavy atom. The average Bonchev–Trinajstić information content (AvgIpc) is 2.76. The Morgan fingerprint density at radius 2 is 1.52 bits per heavy atom. The van der Waals surface area contributed by atoms with Crippen LogP contribution in [0, 0.1) is 13.8 Å². The SMILES string of the molecule is Cc1cc(C(Br)c2ccc(C(C)C)cc2C(C)C)c(C)o1. The van der Waals surface area contributed by atoms with E-state index in [1.54, 1.807) is 0 Å². The first kappa shape index (κ1) is 16.4. The highest BCUT2D eigenvalue weighted by Crippen LogP contribution is 2.39. The van der Waals surface area contributed by atoms with Crippen LogP contribution >= 0.6 is 15.9 Å². The summed E-state index contributed by atoms with van der Waals surface area (Å²) in [6.45, 7) is 13.0. The summed E-state index contributed by atoms with van der Waals surface area (Å²) in [6.07, 6.45) is 0. The van der Waals surface area contributed by atoms with Crippen molar-refractivity contribution in [1.82, 2.24) is 0 Å². The van der Waals surface area contributed by atoms with Crippen molar-refractivity contribution < 1.29 is 4.42 Å². The minimum atomic E-state index is 0.188. The van der Waals surface area contributed by atoms with Crippen molar-refractivity contribution in [2.45, 2.75) is 58.2 Å². The van der Waals surface area contributed by atoms with E-state index in [1.807, 2.05) is 13.8 Å². The first-order valence-electron chi connectivity index (χ1n) is 7.66. The number of alkyl halides is 1. The van der Waals surface area contributed by atoms with Gasteiger partial charge in [-0.25, -0.2) is 0 Å². The largest absolute Gasteiger partial charge is 0.466 e. The van der Waals surface area contributed by atoms with Gasteiger partial charge in [0.15, 0.2) is 0 Å². The van der Waals surface area contributed by atoms with Crippen LogP contribution in [0.15, 0.2) is 28.7 Å². The number of hydrogen-bond donors (Lipinski definition) is 0. The lowest BCUT2D eigenvalue weighted by atomic mass is 9.89. The zero-order chi connectivity index (χ0) is 15.7. The van der Waals surface area contributed by atoms with Crippen LogP contribution in [0.1, 0.15) is 78.1 Å². The topological polar surface area (TPSA) is 13.1 Å². The van der Waals surface area contributed by atoms with Crippen molar-refractivity contribution in [3.8, 4) is 0 Å². The van der Waals surface area contributed by atoms with E-state index in [1.165, 1.54) is 22.3 Å². The standard InChI is InChI=1S/C19H25BrO/c1-11(2)15-7-8-16(17(10-15)12(3)4)19(20)18-9-13(5)21-14(18)6/h7-12,19H,1-6H3. The zero-order valence-corrected chi connectivity index (χ0v) is 15.4. The lowest BCUT2D eigenvalue weighted by Crippen LogP contribution is -2.03. The molecule has 0 radical (unpaired) electrons. The van der Waals surface area contributed by atoms with E-state index < -0.39 is 0 Å². The Kier molecular flexibility index (Phi) is 4.98. The van der Waals surface area contributed by atoms with Crippen LogP contribution in [0.2, 0.25) is 0 Å². The Labute approximate surface area is 136 Å². The molecule has 2 aromatic rings. The summed E-state index contributed by atoms with van der Waals surface area (Å²) < 4.78 is 5.69. The van der Waals surface area contributed by atoms with Crippen LogP contribution < -0.4 is 0 Å². The summed E-state index contributed by atoms with van der Waals surface area (Å²) in [7, 11) is 0. The first-order valence-corrected chi connectivity index (χ1v) is 8.57. The maximum absolute atomic E-state index is 5.69. The molecular formula is C19H25BrO. The van der Waals surface area contributed by atoms with Gasteiger partial charge in [0.2, 0.25) is 0 Å². The minimum Gasteiger partial charge on any atom is -0.466 e. The molecule has 114 valence electrons. The monoisotopic (exact) mass is 348 g/mol. The lowest BCUT2D eigenvalue weighted by molar-refractivity contribution is 0.502. The zero-order valence-electron chi connectivity index (χ0n) is 13.8. The molecule has 0 aliphatic carbocycles. The van der Waals surface area contributed by atoms with Gasteiger partial charge in [-0.15, -0.1) is 0 Å². The third-order valence-electron chi connectivity index (χ3n) is 4.02. The number of benzene rings is 1. The van der Waals surface area contributed by atoms with Crippen molar-refractivity contribution in [2.24, 2.45) is 0 Å². The Hall–Kier alpha value is -1.02. The molecule has 0 spiro atoms. The molecule has 1 heterocycles. The van der Waals surface area contributed by atoms with E-state index in [0.29, 0.717) is 11.8 Å². The van der Waals surface area contributed by atoms with E-state index in [2.05, 4.69) is 67.9 Å². The van der Waals surface area contributed by atoms with Gasteiger partial charge in [0.1, 0.15) is 11.5 Å². The highest BCUT2D eigenvalue weighted by atomic mass is 79.9. The molecule has 2 heteroatoms. The third-order valence-corrected chi connectivity index (χ3v) is 5.01. The molecule has 1 unspecified atom stereocenters. The van der Waals surface area contributed by atoms with Crippen molar-refractivity contribution >= 4 is 15.9 Å². The molecule has 0 amide bonds. The fourth-order valence-electron chi connectivity index (χ4n) is 2.75. The molecule has 0 saturated heterocycles. The van der Waals surface area contributed by atoms with E-state index in [-0.39, 0.29) is 4.83 Å². The van der Waals surface area contributed by atoms with Gasteiger partial charge in [0.05, 0.1) is 4.83 Å². The van der Waals surface area contributed by atoms with Crippen LogP contribution in [0.25, 0.3) is 0 Å². The number of furan rings is 1. The maximum atomic E-state index is 5.69. The average molecular weight is 349 g/mol. The predicted octanol–water partition coefficient (Wildman–Crippen LogP) is 6.63. The van der Waals surface area contributed by atoms with E-state index in [4.69, 9.17) is 4.42 Å². The Bertz CT molecular complexity index is 622. The van der Waals surface area contributed by atoms with Crippen LogP contribution in [-0.2, 0) is 0 Å². The minimum absolute atomic E-state index is 0.188. The van der Waals surface area contributed by atoms with E-state index in [9.17, 15) is 0 Å². The molecule has 0 aliphatic heterocycles. The van der Waals surface area contributed by atoms with E-state index in [0.717, 1.165) is 11.5 Å². The van der Waals surface area contributed by atoms with Gasteiger partial charge in [0.25, 0.3) is 0 Å². The second-order valence-corrected chi connectivity index (χ2v) is 7.34. The second-order valence-electron chi connectivity index (χ2n) is 6.43. The molecule has 0 bridgehead atoms. The van der Waals surface area contributed by atoms with Crippen molar-refractivity contribution in [3.05, 3.63) is 58.0 Å². The number of halogens is 1. The van der Waals surface area contributed by atoms with Gasteiger partial charge in [0, 0.05) is 5.56 Å². The van der Waals surface area contributed by atoms with Crippen LogP contribution in [-0.4, -0.2) is 0 Å². The van der Waals surface area contributed by atoms with Crippen LogP contribution in [0.3, 0.4) is 0 Å². The van der Waals surface area contributed by atoms with Gasteiger partial charge in [-0.1, -0.05) is 61.8 Å².